The number of aromatic amines is 1. The van der Waals surface area contributed by atoms with Gasteiger partial charge in [0.15, 0.2) is 5.82 Å². The van der Waals surface area contributed by atoms with Crippen molar-refractivity contribution >= 4 is 0 Å². The molecular formula is C22H26N6. The third-order valence-electron chi connectivity index (χ3n) is 6.22. The van der Waals surface area contributed by atoms with Crippen LogP contribution in [0.1, 0.15) is 29.7 Å². The largest absolute Gasteiger partial charge is 0.294 e. The number of nitrogens with one attached hydrogen (secondary N) is 1. The van der Waals surface area contributed by atoms with Crippen LogP contribution in [0.5, 0.6) is 0 Å². The number of benzene rings is 1. The van der Waals surface area contributed by atoms with E-state index < -0.39 is 0 Å². The van der Waals surface area contributed by atoms with Crippen LogP contribution in [0.4, 0.5) is 0 Å². The average molecular weight is 374 g/mol. The summed E-state index contributed by atoms with van der Waals surface area (Å²) in [7, 11) is 0. The smallest absolute Gasteiger partial charge is 0.159 e. The number of fused-ring (bicyclic) bond motifs is 1. The lowest BCUT2D eigenvalue weighted by Gasteiger charge is -2.25. The van der Waals surface area contributed by atoms with Crippen LogP contribution in [0.3, 0.4) is 0 Å². The highest BCUT2D eigenvalue weighted by molar-refractivity contribution is 5.59. The first kappa shape index (κ1) is 17.5. The minimum atomic E-state index is 0.638. The molecule has 1 aromatic carbocycles. The highest BCUT2D eigenvalue weighted by Crippen LogP contribution is 2.33. The topological polar surface area (TPSA) is 60.9 Å². The van der Waals surface area contributed by atoms with E-state index in [1.807, 2.05) is 30.7 Å². The fraction of sp³-hybridized carbons (Fsp3) is 0.409. The molecule has 2 aliphatic heterocycles. The molecule has 2 aliphatic rings. The minimum Gasteiger partial charge on any atom is -0.294 e. The van der Waals surface area contributed by atoms with E-state index in [1.165, 1.54) is 29.7 Å². The molecule has 3 aromatic rings. The first-order chi connectivity index (χ1) is 13.8. The van der Waals surface area contributed by atoms with Gasteiger partial charge in [0, 0.05) is 73.7 Å². The highest BCUT2D eigenvalue weighted by Gasteiger charge is 2.42. The number of rotatable bonds is 5. The summed E-state index contributed by atoms with van der Waals surface area (Å²) in [6.45, 7) is 6.32. The summed E-state index contributed by atoms with van der Waals surface area (Å²) < 4.78 is 0. The second-order valence-electron chi connectivity index (χ2n) is 7.96. The van der Waals surface area contributed by atoms with Gasteiger partial charge in [0.1, 0.15) is 0 Å². The normalized spacial score (nSPS) is 22.6. The van der Waals surface area contributed by atoms with Crippen LogP contribution in [-0.4, -0.2) is 55.1 Å². The Morgan fingerprint density at radius 2 is 1.68 bits per heavy atom. The molecule has 0 unspecified atom stereocenters. The van der Waals surface area contributed by atoms with Gasteiger partial charge in [-0.25, -0.2) is 9.97 Å². The average Bonchev–Trinajstić information content (AvgIpc) is 3.44. The van der Waals surface area contributed by atoms with E-state index >= 15 is 0 Å². The van der Waals surface area contributed by atoms with Gasteiger partial charge < -0.3 is 0 Å². The van der Waals surface area contributed by atoms with Crippen molar-refractivity contribution in [1.82, 2.24) is 30.0 Å². The van der Waals surface area contributed by atoms with Gasteiger partial charge in [-0.2, -0.15) is 5.10 Å². The van der Waals surface area contributed by atoms with Gasteiger partial charge in [-0.3, -0.25) is 14.9 Å². The van der Waals surface area contributed by atoms with Crippen molar-refractivity contribution in [3.63, 3.8) is 0 Å². The molecule has 5 rings (SSSR count). The Bertz CT molecular complexity index is 920. The number of H-pyrrole nitrogens is 1. The van der Waals surface area contributed by atoms with Crippen LogP contribution in [0.2, 0.25) is 0 Å². The van der Waals surface area contributed by atoms with Crippen LogP contribution in [0, 0.1) is 6.92 Å². The van der Waals surface area contributed by atoms with Gasteiger partial charge in [-0.1, -0.05) is 24.3 Å². The van der Waals surface area contributed by atoms with Crippen LogP contribution in [-0.2, 0) is 13.1 Å². The summed E-state index contributed by atoms with van der Waals surface area (Å²) in [6, 6.07) is 11.6. The lowest BCUT2D eigenvalue weighted by Crippen LogP contribution is -2.36. The molecule has 0 amide bonds. The molecule has 4 heterocycles. The maximum atomic E-state index is 4.64. The molecule has 2 atom stereocenters. The van der Waals surface area contributed by atoms with Crippen molar-refractivity contribution in [1.29, 1.82) is 0 Å². The fourth-order valence-corrected chi connectivity index (χ4v) is 4.78. The highest BCUT2D eigenvalue weighted by atomic mass is 15.3. The summed E-state index contributed by atoms with van der Waals surface area (Å²) in [5, 5.41) is 7.17. The molecule has 6 heteroatoms. The molecule has 0 bridgehead atoms. The van der Waals surface area contributed by atoms with Crippen molar-refractivity contribution in [2.75, 3.05) is 13.1 Å². The third kappa shape index (κ3) is 3.34. The molecule has 2 fully saturated rings. The lowest BCUT2D eigenvalue weighted by atomic mass is 10.1. The predicted octanol–water partition coefficient (Wildman–Crippen LogP) is 3.02. The predicted molar refractivity (Wildman–Crippen MR) is 108 cm³/mol. The molecule has 2 aromatic heterocycles. The third-order valence-corrected chi connectivity index (χ3v) is 6.22. The number of aryl methyl sites for hydroxylation is 1. The zero-order chi connectivity index (χ0) is 18.9. The van der Waals surface area contributed by atoms with E-state index in [-0.39, 0.29) is 0 Å². The molecule has 144 valence electrons. The second-order valence-corrected chi connectivity index (χ2v) is 7.96. The molecule has 2 saturated heterocycles. The maximum absolute atomic E-state index is 4.64. The van der Waals surface area contributed by atoms with Crippen molar-refractivity contribution in [2.24, 2.45) is 0 Å². The van der Waals surface area contributed by atoms with Gasteiger partial charge in [0.25, 0.3) is 0 Å². The first-order valence-corrected chi connectivity index (χ1v) is 10.1. The molecule has 0 aliphatic carbocycles. The molecular weight excluding hydrogens is 348 g/mol. The molecule has 0 saturated carbocycles. The SMILES string of the molecule is Cc1ccccc1-c1ncc(CN2CC[C@H]3[C@@H]2CCN3Cc2ccn[nH]2)cn1. The zero-order valence-electron chi connectivity index (χ0n) is 16.3. The number of aromatic nitrogens is 4. The number of hydrogen-bond acceptors (Lipinski definition) is 5. The van der Waals surface area contributed by atoms with Crippen LogP contribution in [0.25, 0.3) is 11.4 Å². The summed E-state index contributed by atoms with van der Waals surface area (Å²) in [5.41, 5.74) is 4.73. The molecule has 0 radical (unpaired) electrons. The Balaban J connectivity index is 1.24. The number of likely N-dealkylation sites (tertiary alicyclic amines) is 2. The van der Waals surface area contributed by atoms with Crippen LogP contribution >= 0.6 is 0 Å². The van der Waals surface area contributed by atoms with E-state index in [2.05, 4.69) is 55.1 Å². The van der Waals surface area contributed by atoms with E-state index in [9.17, 15) is 0 Å². The monoisotopic (exact) mass is 374 g/mol. The number of hydrogen-bond donors (Lipinski definition) is 1. The maximum Gasteiger partial charge on any atom is 0.159 e. The molecule has 0 spiro atoms. The van der Waals surface area contributed by atoms with Crippen LogP contribution in [0.15, 0.2) is 48.9 Å². The van der Waals surface area contributed by atoms with Gasteiger partial charge in [0.2, 0.25) is 0 Å². The Labute approximate surface area is 165 Å². The van der Waals surface area contributed by atoms with E-state index in [0.717, 1.165) is 37.6 Å². The zero-order valence-corrected chi connectivity index (χ0v) is 16.3. The summed E-state index contributed by atoms with van der Waals surface area (Å²) in [5.74, 6) is 0.813. The number of nitrogens with zero attached hydrogens (tertiary/aromatic N) is 5. The summed E-state index contributed by atoms with van der Waals surface area (Å²) >= 11 is 0. The Hall–Kier alpha value is -2.57. The summed E-state index contributed by atoms with van der Waals surface area (Å²) in [4.78, 5) is 14.5. The minimum absolute atomic E-state index is 0.638. The van der Waals surface area contributed by atoms with E-state index in [4.69, 9.17) is 0 Å². The second kappa shape index (κ2) is 7.45. The fourth-order valence-electron chi connectivity index (χ4n) is 4.78. The lowest BCUT2D eigenvalue weighted by molar-refractivity contribution is 0.211. The van der Waals surface area contributed by atoms with Gasteiger partial charge >= 0.3 is 0 Å². The Kier molecular flexibility index (Phi) is 4.66. The molecule has 1 N–H and O–H groups in total. The Morgan fingerprint density at radius 3 is 2.36 bits per heavy atom. The molecule has 6 nitrogen and oxygen atoms in total. The van der Waals surface area contributed by atoms with Gasteiger partial charge in [0.05, 0.1) is 0 Å². The van der Waals surface area contributed by atoms with Crippen molar-refractivity contribution in [3.05, 3.63) is 65.7 Å². The summed E-state index contributed by atoms with van der Waals surface area (Å²) in [6.07, 6.45) is 8.31. The quantitative estimate of drug-likeness (QED) is 0.744. The van der Waals surface area contributed by atoms with Gasteiger partial charge in [-0.05, 0) is 31.4 Å². The van der Waals surface area contributed by atoms with E-state index in [1.54, 1.807) is 0 Å². The first-order valence-electron chi connectivity index (χ1n) is 10.1. The van der Waals surface area contributed by atoms with Crippen molar-refractivity contribution in [2.45, 2.75) is 44.9 Å². The van der Waals surface area contributed by atoms with Crippen molar-refractivity contribution < 1.29 is 0 Å². The standard InChI is InChI=1S/C22H26N6/c1-16-4-2-3-5-19(16)22-23-12-17(13-24-22)14-27-10-7-21-20(27)8-11-28(21)15-18-6-9-25-26-18/h2-6,9,12-13,20-21H,7-8,10-11,14-15H2,1H3,(H,25,26)/t20-,21-/m0/s1. The van der Waals surface area contributed by atoms with E-state index in [0.29, 0.717) is 12.1 Å². The Morgan fingerprint density at radius 1 is 0.964 bits per heavy atom. The van der Waals surface area contributed by atoms with Crippen LogP contribution < -0.4 is 0 Å². The molecule has 28 heavy (non-hydrogen) atoms. The van der Waals surface area contributed by atoms with Crippen molar-refractivity contribution in [3.8, 4) is 11.4 Å². The van der Waals surface area contributed by atoms with Gasteiger partial charge in [-0.15, -0.1) is 0 Å².